The molecule has 1 unspecified atom stereocenters. The van der Waals surface area contributed by atoms with E-state index in [1.165, 1.54) is 24.1 Å². The van der Waals surface area contributed by atoms with E-state index < -0.39 is 0 Å². The van der Waals surface area contributed by atoms with Gasteiger partial charge in [0.2, 0.25) is 5.91 Å². The lowest BCUT2D eigenvalue weighted by molar-refractivity contribution is -0.125. The number of rotatable bonds is 4. The summed E-state index contributed by atoms with van der Waals surface area (Å²) in [7, 11) is 0. The van der Waals surface area contributed by atoms with E-state index >= 15 is 0 Å². The first-order valence-electron chi connectivity index (χ1n) is 10.2. The normalized spacial score (nSPS) is 19.6. The van der Waals surface area contributed by atoms with E-state index in [1.807, 2.05) is 29.0 Å². The summed E-state index contributed by atoms with van der Waals surface area (Å²) >= 11 is 0. The molecule has 28 heavy (non-hydrogen) atoms. The van der Waals surface area contributed by atoms with E-state index in [0.717, 1.165) is 49.3 Å². The number of hydrogen-bond acceptors (Lipinski definition) is 5. The first kappa shape index (κ1) is 17.3. The molecule has 0 bridgehead atoms. The highest BCUT2D eigenvalue weighted by Crippen LogP contribution is 2.32. The highest BCUT2D eigenvalue weighted by Gasteiger charge is 2.29. The molecule has 1 saturated heterocycles. The third kappa shape index (κ3) is 3.15. The van der Waals surface area contributed by atoms with Gasteiger partial charge in [-0.15, -0.1) is 0 Å². The van der Waals surface area contributed by atoms with Crippen LogP contribution in [0.5, 0.6) is 0 Å². The third-order valence-electron chi connectivity index (χ3n) is 5.91. The Balaban J connectivity index is 1.36. The summed E-state index contributed by atoms with van der Waals surface area (Å²) in [4.78, 5) is 19.7. The molecule has 4 heterocycles. The maximum absolute atomic E-state index is 12.7. The Bertz CT molecular complexity index is 978. The lowest BCUT2D eigenvalue weighted by Gasteiger charge is -2.33. The maximum Gasteiger partial charge on any atom is 0.225 e. The molecule has 1 atom stereocenters. The van der Waals surface area contributed by atoms with Crippen LogP contribution in [0.3, 0.4) is 0 Å². The summed E-state index contributed by atoms with van der Waals surface area (Å²) in [5, 5.41) is 7.79. The van der Waals surface area contributed by atoms with Gasteiger partial charge in [0.05, 0.1) is 24.4 Å². The van der Waals surface area contributed by atoms with E-state index in [9.17, 15) is 4.79 Å². The number of piperidine rings is 1. The van der Waals surface area contributed by atoms with Gasteiger partial charge < -0.3 is 14.6 Å². The standard InChI is InChI=1S/C21H25N5O2/c27-21(23-13-16-6-4-12-28-16)15-5-3-10-25(14-15)20-19-17-7-1-2-8-18(17)24-26(19)11-9-22-20/h4,6,9,11-12,15H,1-3,5,7-8,10,13-14H2,(H,23,27). The van der Waals surface area contributed by atoms with Crippen molar-refractivity contribution in [2.24, 2.45) is 5.92 Å². The van der Waals surface area contributed by atoms with Crippen molar-refractivity contribution >= 4 is 17.2 Å². The van der Waals surface area contributed by atoms with Crippen LogP contribution < -0.4 is 10.2 Å². The number of nitrogens with zero attached hydrogens (tertiary/aromatic N) is 4. The fourth-order valence-electron chi connectivity index (χ4n) is 4.49. The van der Waals surface area contributed by atoms with Crippen LogP contribution in [0.2, 0.25) is 0 Å². The van der Waals surface area contributed by atoms with E-state index in [-0.39, 0.29) is 11.8 Å². The summed E-state index contributed by atoms with van der Waals surface area (Å²) < 4.78 is 7.29. The van der Waals surface area contributed by atoms with Gasteiger partial charge in [-0.25, -0.2) is 9.50 Å². The number of hydrogen-bond donors (Lipinski definition) is 1. The molecule has 1 amide bonds. The topological polar surface area (TPSA) is 75.7 Å². The molecule has 0 aromatic carbocycles. The molecule has 7 nitrogen and oxygen atoms in total. The summed E-state index contributed by atoms with van der Waals surface area (Å²) in [5.41, 5.74) is 3.69. The predicted octanol–water partition coefficient (Wildman–Crippen LogP) is 2.73. The van der Waals surface area contributed by atoms with Crippen molar-refractivity contribution in [3.05, 3.63) is 47.8 Å². The smallest absolute Gasteiger partial charge is 0.225 e. The molecule has 7 heteroatoms. The monoisotopic (exact) mass is 379 g/mol. The third-order valence-corrected chi connectivity index (χ3v) is 5.91. The number of fused-ring (bicyclic) bond motifs is 3. The minimum atomic E-state index is -0.0375. The van der Waals surface area contributed by atoms with Gasteiger partial charge in [-0.3, -0.25) is 4.79 Å². The second kappa shape index (κ2) is 7.30. The van der Waals surface area contributed by atoms with Crippen LogP contribution in [-0.2, 0) is 24.2 Å². The number of carbonyl (C=O) groups excluding carboxylic acids is 1. The number of aromatic nitrogens is 3. The number of carbonyl (C=O) groups is 1. The number of anilines is 1. The molecule has 1 aliphatic carbocycles. The second-order valence-corrected chi connectivity index (χ2v) is 7.76. The second-order valence-electron chi connectivity index (χ2n) is 7.76. The van der Waals surface area contributed by atoms with E-state index in [1.54, 1.807) is 6.26 Å². The van der Waals surface area contributed by atoms with Crippen LogP contribution in [0, 0.1) is 5.92 Å². The Morgan fingerprint density at radius 2 is 2.21 bits per heavy atom. The Labute approximate surface area is 163 Å². The first-order valence-corrected chi connectivity index (χ1v) is 10.2. The Morgan fingerprint density at radius 1 is 1.29 bits per heavy atom. The van der Waals surface area contributed by atoms with Gasteiger partial charge in [0.15, 0.2) is 5.82 Å². The quantitative estimate of drug-likeness (QED) is 0.754. The minimum absolute atomic E-state index is 0.0375. The first-order chi connectivity index (χ1) is 13.8. The van der Waals surface area contributed by atoms with E-state index in [0.29, 0.717) is 13.1 Å². The maximum atomic E-state index is 12.7. The molecule has 1 fully saturated rings. The molecule has 1 N–H and O–H groups in total. The van der Waals surface area contributed by atoms with Crippen molar-refractivity contribution in [3.8, 4) is 0 Å². The van der Waals surface area contributed by atoms with Crippen LogP contribution in [0.1, 0.15) is 42.7 Å². The SMILES string of the molecule is O=C(NCc1ccco1)C1CCCN(c2nccn3nc4c(c23)CCCC4)C1. The molecule has 2 aliphatic rings. The lowest BCUT2D eigenvalue weighted by atomic mass is 9.95. The molecule has 0 spiro atoms. The fraction of sp³-hybridized carbons (Fsp3) is 0.476. The molecule has 0 radical (unpaired) electrons. The van der Waals surface area contributed by atoms with Crippen molar-refractivity contribution in [1.29, 1.82) is 0 Å². The zero-order valence-electron chi connectivity index (χ0n) is 15.9. The molecule has 146 valence electrons. The van der Waals surface area contributed by atoms with Gasteiger partial charge in [-0.2, -0.15) is 5.10 Å². The fourth-order valence-corrected chi connectivity index (χ4v) is 4.49. The van der Waals surface area contributed by atoms with Crippen LogP contribution in [-0.4, -0.2) is 33.6 Å². The number of nitrogens with one attached hydrogen (secondary N) is 1. The molecule has 1 aliphatic heterocycles. The van der Waals surface area contributed by atoms with Crippen molar-refractivity contribution in [3.63, 3.8) is 0 Å². The van der Waals surface area contributed by atoms with Crippen molar-refractivity contribution in [2.75, 3.05) is 18.0 Å². The summed E-state index contributed by atoms with van der Waals surface area (Å²) in [6.45, 7) is 2.05. The van der Waals surface area contributed by atoms with Crippen LogP contribution in [0.25, 0.3) is 5.52 Å². The molecule has 5 rings (SSSR count). The van der Waals surface area contributed by atoms with Crippen molar-refractivity contribution in [2.45, 2.75) is 45.1 Å². The number of furan rings is 1. The van der Waals surface area contributed by atoms with Crippen molar-refractivity contribution in [1.82, 2.24) is 19.9 Å². The van der Waals surface area contributed by atoms with E-state index in [4.69, 9.17) is 14.5 Å². The summed E-state index contributed by atoms with van der Waals surface area (Å²) in [6, 6.07) is 3.71. The zero-order chi connectivity index (χ0) is 18.9. The zero-order valence-corrected chi connectivity index (χ0v) is 15.9. The molecule has 3 aromatic rings. The Morgan fingerprint density at radius 3 is 3.11 bits per heavy atom. The van der Waals surface area contributed by atoms with Gasteiger partial charge in [-0.1, -0.05) is 0 Å². The molecular formula is C21H25N5O2. The molecule has 3 aromatic heterocycles. The Kier molecular flexibility index (Phi) is 4.50. The van der Waals surface area contributed by atoms with Crippen LogP contribution in [0.15, 0.2) is 35.2 Å². The molecular weight excluding hydrogens is 354 g/mol. The Hall–Kier alpha value is -2.83. The number of amides is 1. The van der Waals surface area contributed by atoms with Crippen LogP contribution >= 0.6 is 0 Å². The van der Waals surface area contributed by atoms with Crippen LogP contribution in [0.4, 0.5) is 5.82 Å². The lowest BCUT2D eigenvalue weighted by Crippen LogP contribution is -2.43. The average molecular weight is 379 g/mol. The van der Waals surface area contributed by atoms with E-state index in [2.05, 4.69) is 10.2 Å². The van der Waals surface area contributed by atoms with Crippen molar-refractivity contribution < 1.29 is 9.21 Å². The number of aryl methyl sites for hydroxylation is 2. The molecule has 0 saturated carbocycles. The van der Waals surface area contributed by atoms with Gasteiger partial charge in [0.25, 0.3) is 0 Å². The van der Waals surface area contributed by atoms with Gasteiger partial charge in [0, 0.05) is 31.0 Å². The highest BCUT2D eigenvalue weighted by atomic mass is 16.3. The summed E-state index contributed by atoms with van der Waals surface area (Å²) in [6.07, 6.45) is 11.8. The van der Waals surface area contributed by atoms with Gasteiger partial charge in [0.1, 0.15) is 11.3 Å². The largest absolute Gasteiger partial charge is 0.467 e. The summed E-state index contributed by atoms with van der Waals surface area (Å²) in [5.74, 6) is 1.80. The minimum Gasteiger partial charge on any atom is -0.467 e. The highest BCUT2D eigenvalue weighted by molar-refractivity contribution is 5.80. The van der Waals surface area contributed by atoms with Gasteiger partial charge >= 0.3 is 0 Å². The average Bonchev–Trinajstić information content (AvgIpc) is 3.39. The van der Waals surface area contributed by atoms with Gasteiger partial charge in [-0.05, 0) is 50.7 Å². The predicted molar refractivity (Wildman–Crippen MR) is 105 cm³/mol.